The van der Waals surface area contributed by atoms with Crippen LogP contribution in [0.1, 0.15) is 43.8 Å². The molecule has 4 rings (SSSR count). The Morgan fingerprint density at radius 1 is 1.44 bits per heavy atom. The first-order valence-electron chi connectivity index (χ1n) is 8.67. The number of nitriles is 1. The van der Waals surface area contributed by atoms with Crippen molar-refractivity contribution in [2.45, 2.75) is 45.4 Å². The molecule has 2 aliphatic rings. The lowest BCUT2D eigenvalue weighted by atomic mass is 9.54. The maximum atomic E-state index is 12.5. The van der Waals surface area contributed by atoms with Crippen LogP contribution in [0.15, 0.2) is 4.52 Å². The Balaban J connectivity index is 1.87. The third-order valence-electron chi connectivity index (χ3n) is 6.12. The molecule has 0 aromatic carbocycles. The van der Waals surface area contributed by atoms with Gasteiger partial charge in [-0.25, -0.2) is 0 Å². The molecule has 7 nitrogen and oxygen atoms in total. The van der Waals surface area contributed by atoms with Gasteiger partial charge in [0.15, 0.2) is 11.6 Å². The van der Waals surface area contributed by atoms with E-state index in [0.717, 1.165) is 29.8 Å². The fourth-order valence-electron chi connectivity index (χ4n) is 4.92. The lowest BCUT2D eigenvalue weighted by Crippen LogP contribution is -2.50. The number of fused-ring (bicyclic) bond motifs is 3. The molecule has 1 saturated carbocycles. The summed E-state index contributed by atoms with van der Waals surface area (Å²) in [4.78, 5) is 16.8. The average Bonchev–Trinajstić information content (AvgIpc) is 3.14. The van der Waals surface area contributed by atoms with Crippen LogP contribution >= 0.6 is 0 Å². The van der Waals surface area contributed by atoms with Crippen LogP contribution in [-0.4, -0.2) is 25.7 Å². The number of hydrogen-bond acceptors (Lipinski definition) is 6. The zero-order valence-corrected chi connectivity index (χ0v) is 14.9. The summed E-state index contributed by atoms with van der Waals surface area (Å²) in [7, 11) is 1.88. The van der Waals surface area contributed by atoms with Crippen LogP contribution in [0.25, 0.3) is 11.6 Å². The SMILES string of the molecule is Cc1noc(-c2c3c(nn2C)C2(C)CC(C#N)C(=O)[C@@H](C)[C@@H]2CC3)n1. The number of rotatable bonds is 1. The van der Waals surface area contributed by atoms with Crippen molar-refractivity contribution in [3.05, 3.63) is 17.1 Å². The first-order chi connectivity index (χ1) is 11.9. The molecule has 0 bridgehead atoms. The van der Waals surface area contributed by atoms with E-state index in [1.807, 2.05) is 14.0 Å². The topological polar surface area (TPSA) is 97.6 Å². The molecule has 7 heteroatoms. The standard InChI is InChI=1S/C18H21N5O2/c1-9-13-6-5-12-14(17-20-10(2)22-25-17)23(4)21-16(12)18(13,3)7-11(8-19)15(9)24/h9,11,13H,5-7H2,1-4H3/t9-,11?,13-,18?/m0/s1. The molecule has 25 heavy (non-hydrogen) atoms. The van der Waals surface area contributed by atoms with Crippen molar-refractivity contribution in [3.8, 4) is 17.7 Å². The molecule has 4 atom stereocenters. The van der Waals surface area contributed by atoms with Gasteiger partial charge in [0.2, 0.25) is 0 Å². The second-order valence-corrected chi connectivity index (χ2v) is 7.59. The summed E-state index contributed by atoms with van der Waals surface area (Å²) in [6.45, 7) is 5.91. The zero-order valence-electron chi connectivity index (χ0n) is 14.9. The van der Waals surface area contributed by atoms with Gasteiger partial charge in [-0.3, -0.25) is 9.48 Å². The molecule has 0 radical (unpaired) electrons. The van der Waals surface area contributed by atoms with Gasteiger partial charge in [0.25, 0.3) is 5.89 Å². The number of Topliss-reactive ketones (excluding diaryl/α,β-unsaturated/α-hetero) is 1. The van der Waals surface area contributed by atoms with Crippen LogP contribution < -0.4 is 0 Å². The Bertz CT molecular complexity index is 905. The van der Waals surface area contributed by atoms with E-state index in [4.69, 9.17) is 9.62 Å². The van der Waals surface area contributed by atoms with Crippen molar-refractivity contribution in [2.75, 3.05) is 0 Å². The van der Waals surface area contributed by atoms with E-state index in [-0.39, 0.29) is 23.0 Å². The van der Waals surface area contributed by atoms with Gasteiger partial charge in [-0.05, 0) is 32.1 Å². The number of ketones is 1. The number of nitrogens with zero attached hydrogens (tertiary/aromatic N) is 5. The molecule has 2 aromatic heterocycles. The maximum absolute atomic E-state index is 12.5. The van der Waals surface area contributed by atoms with Crippen molar-refractivity contribution in [1.29, 1.82) is 5.26 Å². The Morgan fingerprint density at radius 2 is 2.20 bits per heavy atom. The quantitative estimate of drug-likeness (QED) is 0.791. The normalized spacial score (nSPS) is 31.3. The van der Waals surface area contributed by atoms with Gasteiger partial charge in [-0.15, -0.1) is 0 Å². The molecule has 130 valence electrons. The smallest absolute Gasteiger partial charge is 0.276 e. The van der Waals surface area contributed by atoms with Crippen LogP contribution in [0, 0.1) is 36.0 Å². The van der Waals surface area contributed by atoms with E-state index in [2.05, 4.69) is 23.1 Å². The summed E-state index contributed by atoms with van der Waals surface area (Å²) >= 11 is 0. The lowest BCUT2D eigenvalue weighted by molar-refractivity contribution is -0.132. The van der Waals surface area contributed by atoms with Crippen LogP contribution in [0.4, 0.5) is 0 Å². The lowest BCUT2D eigenvalue weighted by Gasteiger charge is -2.48. The zero-order chi connectivity index (χ0) is 17.9. The predicted octanol–water partition coefficient (Wildman–Crippen LogP) is 2.35. The van der Waals surface area contributed by atoms with Gasteiger partial charge in [0, 0.05) is 23.9 Å². The molecule has 0 saturated heterocycles. The van der Waals surface area contributed by atoms with Crippen molar-refractivity contribution in [3.63, 3.8) is 0 Å². The molecule has 0 spiro atoms. The summed E-state index contributed by atoms with van der Waals surface area (Å²) < 4.78 is 7.18. The summed E-state index contributed by atoms with van der Waals surface area (Å²) in [5.74, 6) is 0.686. The third kappa shape index (κ3) is 2.10. The first kappa shape index (κ1) is 16.0. The molecule has 2 heterocycles. The largest absolute Gasteiger partial charge is 0.332 e. The van der Waals surface area contributed by atoms with Gasteiger partial charge >= 0.3 is 0 Å². The van der Waals surface area contributed by atoms with Gasteiger partial charge < -0.3 is 4.52 Å². The Hall–Kier alpha value is -2.49. The van der Waals surface area contributed by atoms with Gasteiger partial charge in [0.05, 0.1) is 11.8 Å². The minimum Gasteiger partial charge on any atom is -0.332 e. The third-order valence-corrected chi connectivity index (χ3v) is 6.12. The Morgan fingerprint density at radius 3 is 2.84 bits per heavy atom. The highest BCUT2D eigenvalue weighted by Crippen LogP contribution is 2.53. The van der Waals surface area contributed by atoms with Crippen molar-refractivity contribution in [2.24, 2.45) is 24.8 Å². The number of hydrogen-bond donors (Lipinski definition) is 0. The van der Waals surface area contributed by atoms with Crippen LogP contribution in [0.5, 0.6) is 0 Å². The maximum Gasteiger partial charge on any atom is 0.276 e. The number of aryl methyl sites for hydroxylation is 2. The first-order valence-corrected chi connectivity index (χ1v) is 8.67. The van der Waals surface area contributed by atoms with Crippen LogP contribution in [0.3, 0.4) is 0 Å². The molecule has 0 aliphatic heterocycles. The number of carbonyl (C=O) groups excluding carboxylic acids is 1. The summed E-state index contributed by atoms with van der Waals surface area (Å²) in [6.07, 6.45) is 2.26. The van der Waals surface area contributed by atoms with Crippen molar-refractivity contribution < 1.29 is 9.32 Å². The molecular weight excluding hydrogens is 318 g/mol. The molecule has 0 amide bonds. The van der Waals surface area contributed by atoms with Gasteiger partial charge in [-0.1, -0.05) is 19.0 Å². The van der Waals surface area contributed by atoms with Crippen molar-refractivity contribution >= 4 is 5.78 Å². The summed E-state index contributed by atoms with van der Waals surface area (Å²) in [5, 5.41) is 18.1. The average molecular weight is 339 g/mol. The van der Waals surface area contributed by atoms with E-state index < -0.39 is 5.92 Å². The number of carbonyl (C=O) groups is 1. The second-order valence-electron chi connectivity index (χ2n) is 7.59. The highest BCUT2D eigenvalue weighted by molar-refractivity contribution is 5.87. The molecular formula is C18H21N5O2. The second kappa shape index (κ2) is 5.25. The van der Waals surface area contributed by atoms with Gasteiger partial charge in [-0.2, -0.15) is 15.3 Å². The molecule has 0 N–H and O–H groups in total. The molecule has 2 aliphatic carbocycles. The fraction of sp³-hybridized carbons (Fsp3) is 0.611. The molecule has 2 aromatic rings. The Labute approximate surface area is 146 Å². The number of aromatic nitrogens is 4. The molecule has 2 unspecified atom stereocenters. The van der Waals surface area contributed by atoms with E-state index in [9.17, 15) is 10.1 Å². The monoisotopic (exact) mass is 339 g/mol. The predicted molar refractivity (Wildman–Crippen MR) is 88.3 cm³/mol. The fourth-order valence-corrected chi connectivity index (χ4v) is 4.92. The van der Waals surface area contributed by atoms with Crippen molar-refractivity contribution in [1.82, 2.24) is 19.9 Å². The van der Waals surface area contributed by atoms with E-state index in [0.29, 0.717) is 18.1 Å². The minimum atomic E-state index is -0.557. The molecule has 1 fully saturated rings. The minimum absolute atomic E-state index is 0.0807. The van der Waals surface area contributed by atoms with E-state index in [1.165, 1.54) is 0 Å². The summed E-state index contributed by atoms with van der Waals surface area (Å²) in [6, 6.07) is 2.20. The highest BCUT2D eigenvalue weighted by Gasteiger charge is 2.53. The summed E-state index contributed by atoms with van der Waals surface area (Å²) in [5.41, 5.74) is 2.67. The van der Waals surface area contributed by atoms with E-state index >= 15 is 0 Å². The van der Waals surface area contributed by atoms with Crippen LogP contribution in [0.2, 0.25) is 0 Å². The van der Waals surface area contributed by atoms with Crippen LogP contribution in [-0.2, 0) is 23.7 Å². The Kier molecular flexibility index (Phi) is 3.36. The van der Waals surface area contributed by atoms with Gasteiger partial charge in [0.1, 0.15) is 11.6 Å². The highest BCUT2D eigenvalue weighted by atomic mass is 16.5. The van der Waals surface area contributed by atoms with E-state index in [1.54, 1.807) is 11.6 Å².